The first-order valence-electron chi connectivity index (χ1n) is 6.57. The van der Waals surface area contributed by atoms with Crippen LogP contribution in [0.2, 0.25) is 0 Å². The SMILES string of the molecule is CC(C)CN(CC(=O)O)C(=O)C(C)c1cccc(F)c1. The fourth-order valence-electron chi connectivity index (χ4n) is 2.03. The summed E-state index contributed by atoms with van der Waals surface area (Å²) < 4.78 is 13.2. The Bertz CT molecular complexity index is 488. The number of aliphatic carboxylic acids is 1. The van der Waals surface area contributed by atoms with Crippen molar-refractivity contribution >= 4 is 11.9 Å². The molecule has 1 aromatic carbocycles. The number of carboxylic acid groups (broad SMARTS) is 1. The molecule has 0 bridgehead atoms. The molecule has 0 fully saturated rings. The van der Waals surface area contributed by atoms with E-state index >= 15 is 0 Å². The molecule has 1 rings (SSSR count). The highest BCUT2D eigenvalue weighted by atomic mass is 19.1. The number of carbonyl (C=O) groups is 2. The molecule has 0 aliphatic rings. The van der Waals surface area contributed by atoms with Gasteiger partial charge in [-0.2, -0.15) is 0 Å². The monoisotopic (exact) mass is 281 g/mol. The number of amides is 1. The molecule has 4 nitrogen and oxygen atoms in total. The van der Waals surface area contributed by atoms with Crippen LogP contribution >= 0.6 is 0 Å². The van der Waals surface area contributed by atoms with E-state index in [-0.39, 0.29) is 18.4 Å². The largest absolute Gasteiger partial charge is 0.480 e. The van der Waals surface area contributed by atoms with Crippen LogP contribution < -0.4 is 0 Å². The minimum Gasteiger partial charge on any atom is -0.480 e. The summed E-state index contributed by atoms with van der Waals surface area (Å²) in [5.41, 5.74) is 0.550. The van der Waals surface area contributed by atoms with Gasteiger partial charge in [0.15, 0.2) is 0 Å². The zero-order valence-electron chi connectivity index (χ0n) is 12.0. The molecule has 110 valence electrons. The molecule has 0 radical (unpaired) electrons. The lowest BCUT2D eigenvalue weighted by Crippen LogP contribution is -2.40. The second-order valence-electron chi connectivity index (χ2n) is 5.28. The molecular weight excluding hydrogens is 261 g/mol. The second-order valence-corrected chi connectivity index (χ2v) is 5.28. The minimum atomic E-state index is -1.05. The highest BCUT2D eigenvalue weighted by Crippen LogP contribution is 2.19. The van der Waals surface area contributed by atoms with Gasteiger partial charge in [0.25, 0.3) is 0 Å². The van der Waals surface area contributed by atoms with Gasteiger partial charge in [0.2, 0.25) is 5.91 Å². The third kappa shape index (κ3) is 4.64. The van der Waals surface area contributed by atoms with Crippen molar-refractivity contribution in [2.45, 2.75) is 26.7 Å². The predicted octanol–water partition coefficient (Wildman–Crippen LogP) is 2.50. The quantitative estimate of drug-likeness (QED) is 0.871. The van der Waals surface area contributed by atoms with Crippen LogP contribution in [0.3, 0.4) is 0 Å². The Balaban J connectivity index is 2.90. The van der Waals surface area contributed by atoms with Gasteiger partial charge in [-0.3, -0.25) is 9.59 Å². The first-order chi connectivity index (χ1) is 9.31. The maximum absolute atomic E-state index is 13.2. The van der Waals surface area contributed by atoms with E-state index in [1.807, 2.05) is 13.8 Å². The second kappa shape index (κ2) is 7.03. The molecule has 0 heterocycles. The van der Waals surface area contributed by atoms with E-state index in [4.69, 9.17) is 5.11 Å². The number of hydrogen-bond acceptors (Lipinski definition) is 2. The van der Waals surface area contributed by atoms with Crippen LogP contribution in [0.1, 0.15) is 32.3 Å². The van der Waals surface area contributed by atoms with Crippen molar-refractivity contribution in [1.82, 2.24) is 4.90 Å². The van der Waals surface area contributed by atoms with Gasteiger partial charge in [-0.05, 0) is 30.5 Å². The summed E-state index contributed by atoms with van der Waals surface area (Å²) in [6.07, 6.45) is 0. The number of carboxylic acids is 1. The molecule has 0 saturated carbocycles. The number of halogens is 1. The maximum atomic E-state index is 13.2. The van der Waals surface area contributed by atoms with Gasteiger partial charge >= 0.3 is 5.97 Å². The molecule has 0 aliphatic carbocycles. The predicted molar refractivity (Wildman–Crippen MR) is 73.9 cm³/mol. The summed E-state index contributed by atoms with van der Waals surface area (Å²) >= 11 is 0. The Hall–Kier alpha value is -1.91. The van der Waals surface area contributed by atoms with Crippen molar-refractivity contribution in [1.29, 1.82) is 0 Å². The van der Waals surface area contributed by atoms with E-state index in [0.717, 1.165) is 0 Å². The zero-order chi connectivity index (χ0) is 15.3. The van der Waals surface area contributed by atoms with Gasteiger partial charge in [0.1, 0.15) is 12.4 Å². The highest BCUT2D eigenvalue weighted by Gasteiger charge is 2.24. The first kappa shape index (κ1) is 16.1. The maximum Gasteiger partial charge on any atom is 0.323 e. The van der Waals surface area contributed by atoms with Crippen LogP contribution in [0.4, 0.5) is 4.39 Å². The van der Waals surface area contributed by atoms with Gasteiger partial charge in [-0.25, -0.2) is 4.39 Å². The summed E-state index contributed by atoms with van der Waals surface area (Å²) in [5, 5.41) is 8.89. The molecular formula is C15H20FNO3. The van der Waals surface area contributed by atoms with E-state index < -0.39 is 17.7 Å². The van der Waals surface area contributed by atoms with Crippen molar-refractivity contribution < 1.29 is 19.1 Å². The van der Waals surface area contributed by atoms with Crippen molar-refractivity contribution in [3.63, 3.8) is 0 Å². The van der Waals surface area contributed by atoms with Crippen LogP contribution in [0.15, 0.2) is 24.3 Å². The van der Waals surface area contributed by atoms with Crippen molar-refractivity contribution in [3.8, 4) is 0 Å². The molecule has 1 amide bonds. The molecule has 1 atom stereocenters. The Labute approximate surface area is 118 Å². The van der Waals surface area contributed by atoms with E-state index in [9.17, 15) is 14.0 Å². The van der Waals surface area contributed by atoms with E-state index in [1.54, 1.807) is 19.1 Å². The first-order valence-corrected chi connectivity index (χ1v) is 6.57. The average molecular weight is 281 g/mol. The normalized spacial score (nSPS) is 12.2. The summed E-state index contributed by atoms with van der Waals surface area (Å²) in [5.74, 6) is -2.16. The number of benzene rings is 1. The number of rotatable bonds is 6. The van der Waals surface area contributed by atoms with Gasteiger partial charge in [0, 0.05) is 6.54 Å². The van der Waals surface area contributed by atoms with Crippen LogP contribution in [0, 0.1) is 11.7 Å². The van der Waals surface area contributed by atoms with Gasteiger partial charge in [-0.1, -0.05) is 26.0 Å². The smallest absolute Gasteiger partial charge is 0.323 e. The minimum absolute atomic E-state index is 0.165. The Morgan fingerprint density at radius 1 is 1.30 bits per heavy atom. The van der Waals surface area contributed by atoms with Crippen LogP contribution in [-0.2, 0) is 9.59 Å². The Kier molecular flexibility index (Phi) is 5.67. The van der Waals surface area contributed by atoms with Crippen LogP contribution in [0.25, 0.3) is 0 Å². The lowest BCUT2D eigenvalue weighted by Gasteiger charge is -2.26. The summed E-state index contributed by atoms with van der Waals surface area (Å²) in [6, 6.07) is 5.82. The Morgan fingerprint density at radius 3 is 2.45 bits per heavy atom. The fraction of sp³-hybridized carbons (Fsp3) is 0.467. The molecule has 5 heteroatoms. The number of hydrogen-bond donors (Lipinski definition) is 1. The molecule has 1 unspecified atom stereocenters. The van der Waals surface area contributed by atoms with E-state index in [2.05, 4.69) is 0 Å². The standard InChI is InChI=1S/C15H20FNO3/c1-10(2)8-17(9-14(18)19)15(20)11(3)12-5-4-6-13(16)7-12/h4-7,10-11H,8-9H2,1-3H3,(H,18,19). The van der Waals surface area contributed by atoms with Crippen molar-refractivity contribution in [3.05, 3.63) is 35.6 Å². The Morgan fingerprint density at radius 2 is 1.95 bits per heavy atom. The third-order valence-corrected chi connectivity index (χ3v) is 2.94. The fourth-order valence-corrected chi connectivity index (χ4v) is 2.03. The lowest BCUT2D eigenvalue weighted by molar-refractivity contribution is -0.145. The van der Waals surface area contributed by atoms with Crippen LogP contribution in [0.5, 0.6) is 0 Å². The zero-order valence-corrected chi connectivity index (χ0v) is 12.0. The summed E-state index contributed by atoms with van der Waals surface area (Å²) in [4.78, 5) is 24.5. The third-order valence-electron chi connectivity index (χ3n) is 2.94. The van der Waals surface area contributed by atoms with Crippen LogP contribution in [-0.4, -0.2) is 35.0 Å². The van der Waals surface area contributed by atoms with Gasteiger partial charge in [0.05, 0.1) is 5.92 Å². The van der Waals surface area contributed by atoms with Crippen molar-refractivity contribution in [2.75, 3.05) is 13.1 Å². The average Bonchev–Trinajstić information content (AvgIpc) is 2.35. The molecule has 1 aromatic rings. The van der Waals surface area contributed by atoms with Gasteiger partial charge in [-0.15, -0.1) is 0 Å². The van der Waals surface area contributed by atoms with E-state index in [0.29, 0.717) is 12.1 Å². The number of nitrogens with zero attached hydrogens (tertiary/aromatic N) is 1. The molecule has 0 spiro atoms. The van der Waals surface area contributed by atoms with Gasteiger partial charge < -0.3 is 10.0 Å². The summed E-state index contributed by atoms with van der Waals surface area (Å²) in [6.45, 7) is 5.51. The van der Waals surface area contributed by atoms with Crippen molar-refractivity contribution in [2.24, 2.45) is 5.92 Å². The molecule has 20 heavy (non-hydrogen) atoms. The topological polar surface area (TPSA) is 57.6 Å². The molecule has 1 N–H and O–H groups in total. The molecule has 0 aliphatic heterocycles. The molecule has 0 aromatic heterocycles. The lowest BCUT2D eigenvalue weighted by atomic mass is 9.99. The number of carbonyl (C=O) groups excluding carboxylic acids is 1. The molecule has 0 saturated heterocycles. The van der Waals surface area contributed by atoms with E-state index in [1.165, 1.54) is 17.0 Å². The highest BCUT2D eigenvalue weighted by molar-refractivity contribution is 5.86. The summed E-state index contributed by atoms with van der Waals surface area (Å²) in [7, 11) is 0.